The fraction of sp³-hybridized carbons (Fsp3) is 0.667. The number of hydrogen-bond donors (Lipinski definition) is 1. The molecule has 1 heterocycles. The van der Waals surface area contributed by atoms with Crippen LogP contribution >= 0.6 is 0 Å². The van der Waals surface area contributed by atoms with Crippen molar-refractivity contribution in [3.8, 4) is 0 Å². The van der Waals surface area contributed by atoms with E-state index in [0.29, 0.717) is 6.04 Å². The molecule has 1 aliphatic rings. The molecule has 2 heteroatoms. The van der Waals surface area contributed by atoms with E-state index >= 15 is 0 Å². The Morgan fingerprint density at radius 1 is 1.20 bits per heavy atom. The van der Waals surface area contributed by atoms with E-state index in [0.717, 1.165) is 5.92 Å². The average Bonchev–Trinajstić information content (AvgIpc) is 2.52. The molecule has 0 spiro atoms. The second-order valence-electron chi connectivity index (χ2n) is 6.09. The summed E-state index contributed by atoms with van der Waals surface area (Å²) in [6.07, 6.45) is 6.63. The summed E-state index contributed by atoms with van der Waals surface area (Å²) >= 11 is 0. The third kappa shape index (κ3) is 4.32. The number of piperidine rings is 1. The number of rotatable bonds is 7. The van der Waals surface area contributed by atoms with Crippen LogP contribution in [0.2, 0.25) is 0 Å². The Balaban J connectivity index is 1.92. The van der Waals surface area contributed by atoms with Crippen LogP contribution in [0.15, 0.2) is 30.3 Å². The molecule has 1 aromatic carbocycles. The molecule has 1 fully saturated rings. The Hall–Kier alpha value is -0.860. The molecule has 1 aromatic rings. The van der Waals surface area contributed by atoms with Crippen LogP contribution in [-0.2, 0) is 0 Å². The third-order valence-electron chi connectivity index (χ3n) is 4.64. The van der Waals surface area contributed by atoms with Gasteiger partial charge in [0, 0.05) is 6.04 Å². The molecule has 1 unspecified atom stereocenters. The Kier molecular flexibility index (Phi) is 6.55. The van der Waals surface area contributed by atoms with Gasteiger partial charge in [-0.15, -0.1) is 0 Å². The largest absolute Gasteiger partial charge is 0.320 e. The predicted octanol–water partition coefficient (Wildman–Crippen LogP) is 3.85. The quantitative estimate of drug-likeness (QED) is 0.812. The highest BCUT2D eigenvalue weighted by Gasteiger charge is 2.25. The van der Waals surface area contributed by atoms with Crippen LogP contribution in [0.5, 0.6) is 0 Å². The highest BCUT2D eigenvalue weighted by molar-refractivity contribution is 5.19. The van der Waals surface area contributed by atoms with Gasteiger partial charge >= 0.3 is 0 Å². The fourth-order valence-corrected chi connectivity index (χ4v) is 3.41. The molecule has 0 aliphatic carbocycles. The van der Waals surface area contributed by atoms with Gasteiger partial charge in [0.15, 0.2) is 0 Å². The van der Waals surface area contributed by atoms with E-state index < -0.39 is 0 Å². The van der Waals surface area contributed by atoms with Crippen LogP contribution in [0, 0.1) is 5.92 Å². The van der Waals surface area contributed by atoms with Gasteiger partial charge in [0.25, 0.3) is 0 Å². The number of nitrogens with one attached hydrogen (secondary N) is 1. The fourth-order valence-electron chi connectivity index (χ4n) is 3.41. The molecule has 0 bridgehead atoms. The molecule has 1 aliphatic heterocycles. The lowest BCUT2D eigenvalue weighted by molar-refractivity contribution is 0.122. The standard InChI is InChI=1S/C18H30N2/c1-3-7-18(17-8-5-4-6-9-17)20-14-11-16(12-15-20)10-13-19-2/h4-6,8-9,16,18-19H,3,7,10-15H2,1-2H3. The highest BCUT2D eigenvalue weighted by Crippen LogP contribution is 2.30. The molecule has 0 radical (unpaired) electrons. The zero-order valence-electron chi connectivity index (χ0n) is 13.1. The molecule has 112 valence electrons. The van der Waals surface area contributed by atoms with Gasteiger partial charge in [-0.3, -0.25) is 4.90 Å². The van der Waals surface area contributed by atoms with Crippen molar-refractivity contribution in [2.24, 2.45) is 5.92 Å². The van der Waals surface area contributed by atoms with Crippen molar-refractivity contribution < 1.29 is 0 Å². The minimum Gasteiger partial charge on any atom is -0.320 e. The Morgan fingerprint density at radius 3 is 2.50 bits per heavy atom. The highest BCUT2D eigenvalue weighted by atomic mass is 15.2. The molecule has 1 atom stereocenters. The molecular formula is C18H30N2. The topological polar surface area (TPSA) is 15.3 Å². The number of likely N-dealkylation sites (tertiary alicyclic amines) is 1. The van der Waals surface area contributed by atoms with Crippen LogP contribution in [0.4, 0.5) is 0 Å². The zero-order chi connectivity index (χ0) is 14.2. The molecular weight excluding hydrogens is 244 g/mol. The minimum absolute atomic E-state index is 0.631. The molecule has 0 amide bonds. The monoisotopic (exact) mass is 274 g/mol. The van der Waals surface area contributed by atoms with Crippen LogP contribution in [0.3, 0.4) is 0 Å². The van der Waals surface area contributed by atoms with Crippen molar-refractivity contribution in [2.45, 2.75) is 45.1 Å². The summed E-state index contributed by atoms with van der Waals surface area (Å²) in [5, 5.41) is 3.28. The number of nitrogens with zero attached hydrogens (tertiary/aromatic N) is 1. The summed E-state index contributed by atoms with van der Waals surface area (Å²) in [7, 11) is 2.06. The van der Waals surface area contributed by atoms with Crippen molar-refractivity contribution in [3.63, 3.8) is 0 Å². The maximum atomic E-state index is 3.28. The van der Waals surface area contributed by atoms with Crippen LogP contribution in [-0.4, -0.2) is 31.6 Å². The van der Waals surface area contributed by atoms with Gasteiger partial charge in [-0.05, 0) is 63.8 Å². The van der Waals surface area contributed by atoms with E-state index in [9.17, 15) is 0 Å². The second kappa shape index (κ2) is 8.43. The van der Waals surface area contributed by atoms with E-state index in [1.54, 1.807) is 0 Å². The normalized spacial score (nSPS) is 19.1. The molecule has 1 N–H and O–H groups in total. The van der Waals surface area contributed by atoms with Crippen LogP contribution < -0.4 is 5.32 Å². The second-order valence-corrected chi connectivity index (χ2v) is 6.09. The van der Waals surface area contributed by atoms with Crippen LogP contribution in [0.25, 0.3) is 0 Å². The zero-order valence-corrected chi connectivity index (χ0v) is 13.1. The first-order valence-corrected chi connectivity index (χ1v) is 8.28. The summed E-state index contributed by atoms with van der Waals surface area (Å²) < 4.78 is 0. The van der Waals surface area contributed by atoms with Gasteiger partial charge in [-0.25, -0.2) is 0 Å². The Bertz CT molecular complexity index is 355. The summed E-state index contributed by atoms with van der Waals surface area (Å²) in [4.78, 5) is 2.72. The van der Waals surface area contributed by atoms with Gasteiger partial charge < -0.3 is 5.32 Å². The van der Waals surface area contributed by atoms with Gasteiger partial charge in [-0.1, -0.05) is 43.7 Å². The molecule has 20 heavy (non-hydrogen) atoms. The first-order valence-electron chi connectivity index (χ1n) is 8.28. The van der Waals surface area contributed by atoms with E-state index in [1.165, 1.54) is 57.3 Å². The molecule has 1 saturated heterocycles. The van der Waals surface area contributed by atoms with E-state index in [-0.39, 0.29) is 0 Å². The Labute approximate surface area is 124 Å². The maximum absolute atomic E-state index is 3.28. The minimum atomic E-state index is 0.631. The Morgan fingerprint density at radius 2 is 1.90 bits per heavy atom. The summed E-state index contributed by atoms with van der Waals surface area (Å²) in [6.45, 7) is 6.01. The predicted molar refractivity (Wildman–Crippen MR) is 86.9 cm³/mol. The molecule has 0 saturated carbocycles. The van der Waals surface area contributed by atoms with Gasteiger partial charge in [0.2, 0.25) is 0 Å². The number of benzene rings is 1. The van der Waals surface area contributed by atoms with Crippen molar-refractivity contribution in [1.82, 2.24) is 10.2 Å². The van der Waals surface area contributed by atoms with E-state index in [2.05, 4.69) is 54.5 Å². The summed E-state index contributed by atoms with van der Waals surface area (Å²) in [5.74, 6) is 0.928. The number of hydrogen-bond acceptors (Lipinski definition) is 2. The maximum Gasteiger partial charge on any atom is 0.0348 e. The third-order valence-corrected chi connectivity index (χ3v) is 4.64. The van der Waals surface area contributed by atoms with Crippen molar-refractivity contribution in [3.05, 3.63) is 35.9 Å². The van der Waals surface area contributed by atoms with Crippen LogP contribution in [0.1, 0.15) is 50.6 Å². The first-order chi connectivity index (χ1) is 9.85. The first kappa shape index (κ1) is 15.5. The lowest BCUT2D eigenvalue weighted by Crippen LogP contribution is -2.37. The summed E-state index contributed by atoms with van der Waals surface area (Å²) in [6, 6.07) is 11.7. The van der Waals surface area contributed by atoms with Gasteiger partial charge in [0.05, 0.1) is 0 Å². The molecule has 2 rings (SSSR count). The molecule has 0 aromatic heterocycles. The van der Waals surface area contributed by atoms with E-state index in [1.807, 2.05) is 0 Å². The lowest BCUT2D eigenvalue weighted by atomic mass is 9.90. The average molecular weight is 274 g/mol. The molecule has 2 nitrogen and oxygen atoms in total. The van der Waals surface area contributed by atoms with Crippen molar-refractivity contribution in [1.29, 1.82) is 0 Å². The smallest absolute Gasteiger partial charge is 0.0348 e. The van der Waals surface area contributed by atoms with Crippen molar-refractivity contribution >= 4 is 0 Å². The SMILES string of the molecule is CCCC(c1ccccc1)N1CCC(CCNC)CC1. The van der Waals surface area contributed by atoms with Gasteiger partial charge in [0.1, 0.15) is 0 Å². The summed E-state index contributed by atoms with van der Waals surface area (Å²) in [5.41, 5.74) is 1.50. The van der Waals surface area contributed by atoms with E-state index in [4.69, 9.17) is 0 Å². The van der Waals surface area contributed by atoms with Crippen molar-refractivity contribution in [2.75, 3.05) is 26.7 Å². The lowest BCUT2D eigenvalue weighted by Gasteiger charge is -2.38. The van der Waals surface area contributed by atoms with Gasteiger partial charge in [-0.2, -0.15) is 0 Å².